The van der Waals surface area contributed by atoms with E-state index in [9.17, 15) is 4.79 Å². The number of rotatable bonds is 3. The first-order valence-corrected chi connectivity index (χ1v) is 7.59. The number of hydrogen-bond acceptors (Lipinski definition) is 5. The predicted molar refractivity (Wildman–Crippen MR) is 80.3 cm³/mol. The minimum atomic E-state index is 0.0278. The van der Waals surface area contributed by atoms with Crippen LogP contribution in [0.1, 0.15) is 6.42 Å². The second-order valence-corrected chi connectivity index (χ2v) is 5.46. The summed E-state index contributed by atoms with van der Waals surface area (Å²) in [4.78, 5) is 20.8. The number of amides is 1. The highest BCUT2D eigenvalue weighted by Crippen LogP contribution is 2.14. The molecule has 2 aliphatic heterocycles. The van der Waals surface area contributed by atoms with E-state index >= 15 is 0 Å². The first kappa shape index (κ1) is 14.3. The van der Waals surface area contributed by atoms with Gasteiger partial charge in [-0.3, -0.25) is 4.79 Å². The maximum atomic E-state index is 12.3. The Morgan fingerprint density at radius 2 is 2.19 bits per heavy atom. The van der Waals surface area contributed by atoms with Gasteiger partial charge < -0.3 is 19.9 Å². The van der Waals surface area contributed by atoms with Gasteiger partial charge in [-0.05, 0) is 12.1 Å². The molecule has 3 rings (SSSR count). The summed E-state index contributed by atoms with van der Waals surface area (Å²) in [6, 6.07) is 5.92. The van der Waals surface area contributed by atoms with Crippen molar-refractivity contribution in [1.29, 1.82) is 0 Å². The standard InChI is InChI=1S/C15H22N4O2/c20-15(11-13-12-16-5-10-21-13)19-8-6-18(7-9-19)14-3-1-2-4-17-14/h1-4,13,16H,5-12H2. The zero-order valence-electron chi connectivity index (χ0n) is 12.2. The van der Waals surface area contributed by atoms with Gasteiger partial charge in [0, 0.05) is 45.5 Å². The molecule has 0 bridgehead atoms. The van der Waals surface area contributed by atoms with E-state index in [1.54, 1.807) is 6.20 Å². The van der Waals surface area contributed by atoms with Crippen molar-refractivity contribution in [3.05, 3.63) is 24.4 Å². The van der Waals surface area contributed by atoms with Crippen LogP contribution in [0.5, 0.6) is 0 Å². The summed E-state index contributed by atoms with van der Waals surface area (Å²) in [5, 5.41) is 3.26. The highest BCUT2D eigenvalue weighted by Gasteiger charge is 2.25. The van der Waals surface area contributed by atoms with Crippen molar-refractivity contribution in [2.45, 2.75) is 12.5 Å². The molecule has 6 nitrogen and oxygen atoms in total. The Morgan fingerprint density at radius 3 is 2.86 bits per heavy atom. The number of morpholine rings is 1. The summed E-state index contributed by atoms with van der Waals surface area (Å²) in [6.07, 6.45) is 2.32. The van der Waals surface area contributed by atoms with Crippen LogP contribution in [0.3, 0.4) is 0 Å². The van der Waals surface area contributed by atoms with Crippen molar-refractivity contribution in [2.24, 2.45) is 0 Å². The van der Waals surface area contributed by atoms with E-state index < -0.39 is 0 Å². The zero-order chi connectivity index (χ0) is 14.5. The summed E-state index contributed by atoms with van der Waals surface area (Å²) in [6.45, 7) is 5.56. The summed E-state index contributed by atoms with van der Waals surface area (Å²) in [5.41, 5.74) is 0. The fourth-order valence-corrected chi connectivity index (χ4v) is 2.80. The van der Waals surface area contributed by atoms with Gasteiger partial charge in [0.1, 0.15) is 5.82 Å². The quantitative estimate of drug-likeness (QED) is 0.856. The maximum absolute atomic E-state index is 12.3. The molecule has 1 N–H and O–H groups in total. The molecule has 0 aliphatic carbocycles. The van der Waals surface area contributed by atoms with Gasteiger partial charge in [-0.15, -0.1) is 0 Å². The van der Waals surface area contributed by atoms with Crippen molar-refractivity contribution < 1.29 is 9.53 Å². The summed E-state index contributed by atoms with van der Waals surface area (Å²) < 4.78 is 5.60. The van der Waals surface area contributed by atoms with Gasteiger partial charge in [0.2, 0.25) is 5.91 Å². The van der Waals surface area contributed by atoms with E-state index in [-0.39, 0.29) is 12.0 Å². The number of nitrogens with one attached hydrogen (secondary N) is 1. The zero-order valence-corrected chi connectivity index (χ0v) is 12.2. The molecule has 0 saturated carbocycles. The fraction of sp³-hybridized carbons (Fsp3) is 0.600. The van der Waals surface area contributed by atoms with Gasteiger partial charge in [0.05, 0.1) is 19.1 Å². The van der Waals surface area contributed by atoms with Gasteiger partial charge in [-0.25, -0.2) is 4.98 Å². The molecular weight excluding hydrogens is 268 g/mol. The van der Waals surface area contributed by atoms with Crippen LogP contribution in [-0.4, -0.2) is 67.8 Å². The van der Waals surface area contributed by atoms with Crippen LogP contribution >= 0.6 is 0 Å². The molecular formula is C15H22N4O2. The van der Waals surface area contributed by atoms with Gasteiger partial charge >= 0.3 is 0 Å². The molecule has 0 aromatic carbocycles. The molecule has 1 aromatic rings. The van der Waals surface area contributed by atoms with E-state index in [1.165, 1.54) is 0 Å². The normalized spacial score (nSPS) is 23.1. The lowest BCUT2D eigenvalue weighted by atomic mass is 10.2. The van der Waals surface area contributed by atoms with Crippen molar-refractivity contribution in [1.82, 2.24) is 15.2 Å². The molecule has 6 heteroatoms. The Labute approximate surface area is 125 Å². The Morgan fingerprint density at radius 1 is 1.33 bits per heavy atom. The van der Waals surface area contributed by atoms with Gasteiger partial charge in [0.15, 0.2) is 0 Å². The third kappa shape index (κ3) is 3.71. The van der Waals surface area contributed by atoms with Crippen LogP contribution < -0.4 is 10.2 Å². The molecule has 1 atom stereocenters. The third-order valence-electron chi connectivity index (χ3n) is 4.01. The van der Waals surface area contributed by atoms with Gasteiger partial charge in [-0.2, -0.15) is 0 Å². The molecule has 21 heavy (non-hydrogen) atoms. The summed E-state index contributed by atoms with van der Waals surface area (Å²) in [5.74, 6) is 1.19. The largest absolute Gasteiger partial charge is 0.375 e. The minimum absolute atomic E-state index is 0.0278. The van der Waals surface area contributed by atoms with Crippen molar-refractivity contribution in [3.8, 4) is 0 Å². The lowest BCUT2D eigenvalue weighted by Crippen LogP contribution is -2.50. The second-order valence-electron chi connectivity index (χ2n) is 5.46. The lowest BCUT2D eigenvalue weighted by Gasteiger charge is -2.36. The average molecular weight is 290 g/mol. The van der Waals surface area contributed by atoms with Crippen LogP contribution in [-0.2, 0) is 9.53 Å². The van der Waals surface area contributed by atoms with E-state index in [4.69, 9.17) is 4.74 Å². The molecule has 1 unspecified atom stereocenters. The van der Waals surface area contributed by atoms with Crippen LogP contribution in [0.25, 0.3) is 0 Å². The number of ether oxygens (including phenoxy) is 1. The number of aromatic nitrogens is 1. The SMILES string of the molecule is O=C(CC1CNCCO1)N1CCN(c2ccccn2)CC1. The second kappa shape index (κ2) is 6.87. The monoisotopic (exact) mass is 290 g/mol. The van der Waals surface area contributed by atoms with Crippen molar-refractivity contribution in [3.63, 3.8) is 0 Å². The van der Waals surface area contributed by atoms with Crippen LogP contribution in [0.15, 0.2) is 24.4 Å². The summed E-state index contributed by atoms with van der Waals surface area (Å²) in [7, 11) is 0. The molecule has 2 aliphatic rings. The van der Waals surface area contributed by atoms with E-state index in [1.807, 2.05) is 23.1 Å². The van der Waals surface area contributed by atoms with Gasteiger partial charge in [0.25, 0.3) is 0 Å². The predicted octanol–water partition coefficient (Wildman–Crippen LogP) is 0.109. The lowest BCUT2D eigenvalue weighted by molar-refractivity contribution is -0.135. The minimum Gasteiger partial charge on any atom is -0.375 e. The van der Waals surface area contributed by atoms with Gasteiger partial charge in [-0.1, -0.05) is 6.07 Å². The van der Waals surface area contributed by atoms with Crippen LogP contribution in [0.4, 0.5) is 5.82 Å². The highest BCUT2D eigenvalue weighted by atomic mass is 16.5. The smallest absolute Gasteiger partial charge is 0.225 e. The number of carbonyl (C=O) groups is 1. The molecule has 2 fully saturated rings. The van der Waals surface area contributed by atoms with E-state index in [0.29, 0.717) is 13.0 Å². The topological polar surface area (TPSA) is 57.7 Å². The van der Waals surface area contributed by atoms with Crippen LogP contribution in [0.2, 0.25) is 0 Å². The Kier molecular flexibility index (Phi) is 4.67. The van der Waals surface area contributed by atoms with E-state index in [0.717, 1.165) is 45.1 Å². The first-order chi connectivity index (χ1) is 10.3. The molecule has 1 aromatic heterocycles. The summed E-state index contributed by atoms with van der Waals surface area (Å²) >= 11 is 0. The molecule has 114 valence electrons. The van der Waals surface area contributed by atoms with Crippen molar-refractivity contribution in [2.75, 3.05) is 50.8 Å². The average Bonchev–Trinajstić information content (AvgIpc) is 2.57. The Hall–Kier alpha value is -1.66. The molecule has 2 saturated heterocycles. The van der Waals surface area contributed by atoms with Crippen LogP contribution in [0, 0.1) is 0 Å². The first-order valence-electron chi connectivity index (χ1n) is 7.59. The molecule has 3 heterocycles. The molecule has 0 spiro atoms. The molecule has 1 amide bonds. The maximum Gasteiger partial charge on any atom is 0.225 e. The number of anilines is 1. The third-order valence-corrected chi connectivity index (χ3v) is 4.01. The number of pyridine rings is 1. The Bertz CT molecular complexity index is 454. The number of piperazine rings is 1. The number of carbonyl (C=O) groups excluding carboxylic acids is 1. The fourth-order valence-electron chi connectivity index (χ4n) is 2.80. The van der Waals surface area contributed by atoms with E-state index in [2.05, 4.69) is 15.2 Å². The number of hydrogen-bond donors (Lipinski definition) is 1. The molecule has 0 radical (unpaired) electrons. The highest BCUT2D eigenvalue weighted by molar-refractivity contribution is 5.77. The Balaban J connectivity index is 1.47. The number of nitrogens with zero attached hydrogens (tertiary/aromatic N) is 3. The van der Waals surface area contributed by atoms with Crippen molar-refractivity contribution >= 4 is 11.7 Å².